The van der Waals surface area contributed by atoms with E-state index in [2.05, 4.69) is 10.3 Å². The first-order valence-electron chi connectivity index (χ1n) is 6.05. The van der Waals surface area contributed by atoms with Gasteiger partial charge in [-0.15, -0.1) is 0 Å². The van der Waals surface area contributed by atoms with Crippen LogP contribution in [0.1, 0.15) is 23.3 Å². The standard InChI is InChI=1S/C13H15N3O2/c17-9-13(4-5-13)8-14-12(18)10-7-16-6-2-1-3-11(16)15-10/h1-3,6-7,17H,4-5,8-9H2,(H,14,18). The zero-order valence-corrected chi connectivity index (χ0v) is 9.97. The van der Waals surface area contributed by atoms with Crippen LogP contribution < -0.4 is 5.32 Å². The summed E-state index contributed by atoms with van der Waals surface area (Å²) in [6.07, 6.45) is 5.53. The highest BCUT2D eigenvalue weighted by atomic mass is 16.3. The predicted molar refractivity (Wildman–Crippen MR) is 66.3 cm³/mol. The number of rotatable bonds is 4. The second kappa shape index (κ2) is 4.10. The van der Waals surface area contributed by atoms with Gasteiger partial charge in [-0.2, -0.15) is 0 Å². The maximum Gasteiger partial charge on any atom is 0.271 e. The van der Waals surface area contributed by atoms with Crippen molar-refractivity contribution < 1.29 is 9.90 Å². The molecule has 2 heterocycles. The lowest BCUT2D eigenvalue weighted by Gasteiger charge is -2.11. The van der Waals surface area contributed by atoms with Gasteiger partial charge in [-0.05, 0) is 25.0 Å². The average Bonchev–Trinajstić information content (AvgIpc) is 3.05. The third-order valence-corrected chi connectivity index (χ3v) is 3.51. The van der Waals surface area contributed by atoms with Gasteiger partial charge in [0.1, 0.15) is 11.3 Å². The fourth-order valence-corrected chi connectivity index (χ4v) is 1.97. The Hall–Kier alpha value is -1.88. The number of aliphatic hydroxyl groups is 1. The average molecular weight is 245 g/mol. The molecule has 0 aromatic carbocycles. The largest absolute Gasteiger partial charge is 0.396 e. The van der Waals surface area contributed by atoms with E-state index in [0.717, 1.165) is 18.5 Å². The van der Waals surface area contributed by atoms with Crippen LogP contribution in [0.15, 0.2) is 30.6 Å². The summed E-state index contributed by atoms with van der Waals surface area (Å²) >= 11 is 0. The minimum absolute atomic E-state index is 0.0746. The Morgan fingerprint density at radius 3 is 3.00 bits per heavy atom. The predicted octanol–water partition coefficient (Wildman–Crippen LogP) is 0.837. The number of fused-ring (bicyclic) bond motifs is 1. The highest BCUT2D eigenvalue weighted by molar-refractivity contribution is 5.92. The fourth-order valence-electron chi connectivity index (χ4n) is 1.97. The molecule has 0 radical (unpaired) electrons. The van der Waals surface area contributed by atoms with Gasteiger partial charge in [0.25, 0.3) is 5.91 Å². The van der Waals surface area contributed by atoms with Gasteiger partial charge in [-0.1, -0.05) is 6.07 Å². The van der Waals surface area contributed by atoms with Gasteiger partial charge in [0.05, 0.1) is 6.61 Å². The van der Waals surface area contributed by atoms with Gasteiger partial charge in [0, 0.05) is 24.4 Å². The van der Waals surface area contributed by atoms with Crippen LogP contribution in [0, 0.1) is 5.41 Å². The molecule has 2 N–H and O–H groups in total. The van der Waals surface area contributed by atoms with E-state index >= 15 is 0 Å². The van der Waals surface area contributed by atoms with Crippen molar-refractivity contribution in [1.29, 1.82) is 0 Å². The molecule has 1 aliphatic carbocycles. The number of aliphatic hydroxyl groups excluding tert-OH is 1. The summed E-state index contributed by atoms with van der Waals surface area (Å²) in [7, 11) is 0. The van der Waals surface area contributed by atoms with E-state index in [1.807, 2.05) is 28.8 Å². The van der Waals surface area contributed by atoms with Crippen LogP contribution in [0.3, 0.4) is 0 Å². The van der Waals surface area contributed by atoms with Gasteiger partial charge >= 0.3 is 0 Å². The number of imidazole rings is 1. The quantitative estimate of drug-likeness (QED) is 0.838. The highest BCUT2D eigenvalue weighted by Crippen LogP contribution is 2.44. The van der Waals surface area contributed by atoms with Crippen molar-refractivity contribution in [3.05, 3.63) is 36.3 Å². The minimum atomic E-state index is -0.182. The first-order valence-corrected chi connectivity index (χ1v) is 6.05. The molecule has 5 nitrogen and oxygen atoms in total. The van der Waals surface area contributed by atoms with E-state index in [-0.39, 0.29) is 17.9 Å². The number of hydrogen-bond donors (Lipinski definition) is 2. The molecular formula is C13H15N3O2. The Kier molecular flexibility index (Phi) is 2.56. The molecule has 94 valence electrons. The summed E-state index contributed by atoms with van der Waals surface area (Å²) < 4.78 is 1.81. The van der Waals surface area contributed by atoms with Crippen LogP contribution in [-0.2, 0) is 0 Å². The highest BCUT2D eigenvalue weighted by Gasteiger charge is 2.42. The van der Waals surface area contributed by atoms with Crippen LogP contribution in [0.25, 0.3) is 5.65 Å². The molecule has 0 saturated heterocycles. The summed E-state index contributed by atoms with van der Waals surface area (Å²) in [5.41, 5.74) is 1.09. The number of nitrogens with zero attached hydrogens (tertiary/aromatic N) is 2. The molecule has 0 spiro atoms. The van der Waals surface area contributed by atoms with Gasteiger partial charge in [0.2, 0.25) is 0 Å². The number of pyridine rings is 1. The SMILES string of the molecule is O=C(NCC1(CO)CC1)c1cn2ccccc2n1. The Morgan fingerprint density at radius 1 is 1.50 bits per heavy atom. The smallest absolute Gasteiger partial charge is 0.271 e. The van der Waals surface area contributed by atoms with Crippen molar-refractivity contribution in [1.82, 2.24) is 14.7 Å². The molecule has 5 heteroatoms. The van der Waals surface area contributed by atoms with Crippen molar-refractivity contribution in [3.63, 3.8) is 0 Å². The summed E-state index contributed by atoms with van der Waals surface area (Å²) in [5.74, 6) is -0.182. The van der Waals surface area contributed by atoms with Crippen molar-refractivity contribution in [2.75, 3.05) is 13.2 Å². The van der Waals surface area contributed by atoms with Crippen molar-refractivity contribution in [3.8, 4) is 0 Å². The third kappa shape index (κ3) is 1.97. The molecule has 2 aromatic heterocycles. The second-order valence-electron chi connectivity index (χ2n) is 4.93. The van der Waals surface area contributed by atoms with E-state index in [1.165, 1.54) is 0 Å². The molecule has 18 heavy (non-hydrogen) atoms. The molecule has 1 aliphatic rings. The van der Waals surface area contributed by atoms with Crippen molar-refractivity contribution in [2.24, 2.45) is 5.41 Å². The van der Waals surface area contributed by atoms with Crippen LogP contribution >= 0.6 is 0 Å². The topological polar surface area (TPSA) is 66.6 Å². The van der Waals surface area contributed by atoms with E-state index in [4.69, 9.17) is 0 Å². The Bertz CT molecular complexity index is 554. The lowest BCUT2D eigenvalue weighted by Crippen LogP contribution is -2.32. The molecule has 0 bridgehead atoms. The lowest BCUT2D eigenvalue weighted by molar-refractivity contribution is 0.0931. The maximum atomic E-state index is 11.9. The van der Waals surface area contributed by atoms with Crippen LogP contribution in [0.4, 0.5) is 0 Å². The van der Waals surface area contributed by atoms with Crippen molar-refractivity contribution >= 4 is 11.6 Å². The first kappa shape index (κ1) is 11.2. The van der Waals surface area contributed by atoms with E-state index < -0.39 is 0 Å². The number of aromatic nitrogens is 2. The molecule has 0 unspecified atom stereocenters. The summed E-state index contributed by atoms with van der Waals surface area (Å²) in [5, 5.41) is 12.0. The lowest BCUT2D eigenvalue weighted by atomic mass is 10.1. The summed E-state index contributed by atoms with van der Waals surface area (Å²) in [6.45, 7) is 0.661. The Labute approximate surface area is 104 Å². The molecule has 1 amide bonds. The van der Waals surface area contributed by atoms with Gasteiger partial charge in [0.15, 0.2) is 0 Å². The molecule has 3 rings (SSSR count). The van der Waals surface area contributed by atoms with Crippen molar-refractivity contribution in [2.45, 2.75) is 12.8 Å². The van der Waals surface area contributed by atoms with Crippen LogP contribution in [0.2, 0.25) is 0 Å². The fraction of sp³-hybridized carbons (Fsp3) is 0.385. The second-order valence-corrected chi connectivity index (χ2v) is 4.93. The van der Waals surface area contributed by atoms with Gasteiger partial charge in [-0.25, -0.2) is 4.98 Å². The number of nitrogens with one attached hydrogen (secondary N) is 1. The van der Waals surface area contributed by atoms with Gasteiger partial charge in [-0.3, -0.25) is 4.79 Å². The van der Waals surface area contributed by atoms with E-state index in [1.54, 1.807) is 6.20 Å². The van der Waals surface area contributed by atoms with E-state index in [0.29, 0.717) is 12.2 Å². The molecular weight excluding hydrogens is 230 g/mol. The molecule has 1 saturated carbocycles. The number of amides is 1. The molecule has 0 atom stereocenters. The minimum Gasteiger partial charge on any atom is -0.396 e. The number of carbonyl (C=O) groups excluding carboxylic acids is 1. The summed E-state index contributed by atoms with van der Waals surface area (Å²) in [4.78, 5) is 16.2. The number of hydrogen-bond acceptors (Lipinski definition) is 3. The zero-order valence-electron chi connectivity index (χ0n) is 9.97. The third-order valence-electron chi connectivity index (χ3n) is 3.51. The molecule has 1 fully saturated rings. The van der Waals surface area contributed by atoms with Crippen LogP contribution in [0.5, 0.6) is 0 Å². The summed E-state index contributed by atoms with van der Waals surface area (Å²) in [6, 6.07) is 5.63. The monoisotopic (exact) mass is 245 g/mol. The zero-order chi connectivity index (χ0) is 12.6. The van der Waals surface area contributed by atoms with Gasteiger partial charge < -0.3 is 14.8 Å². The number of carbonyl (C=O) groups is 1. The van der Waals surface area contributed by atoms with E-state index in [9.17, 15) is 9.90 Å². The first-order chi connectivity index (χ1) is 8.72. The molecule has 2 aromatic rings. The Balaban J connectivity index is 1.72. The van der Waals surface area contributed by atoms with Crippen LogP contribution in [-0.4, -0.2) is 33.6 Å². The molecule has 0 aliphatic heterocycles. The normalized spacial score (nSPS) is 16.7. The maximum absolute atomic E-state index is 11.9. The Morgan fingerprint density at radius 2 is 2.33 bits per heavy atom.